The Labute approximate surface area is 159 Å². The molecule has 0 aromatic rings. The predicted octanol–water partition coefficient (Wildman–Crippen LogP) is 1.91. The van der Waals surface area contributed by atoms with Gasteiger partial charge in [0.05, 0.1) is 0 Å². The van der Waals surface area contributed by atoms with E-state index in [4.69, 9.17) is 0 Å². The molecule has 5 nitrogen and oxygen atoms in total. The predicted molar refractivity (Wildman–Crippen MR) is 112 cm³/mol. The topological polar surface area (TPSA) is 34.1 Å². The lowest BCUT2D eigenvalue weighted by Gasteiger charge is -2.41. The van der Waals surface area contributed by atoms with Crippen LogP contribution in [-0.4, -0.2) is 97.6 Å². The van der Waals surface area contributed by atoms with Gasteiger partial charge in [0.2, 0.25) is 0 Å². The van der Waals surface area contributed by atoms with Crippen LogP contribution in [0.15, 0.2) is 4.99 Å². The lowest BCUT2D eigenvalue weighted by molar-refractivity contribution is 0.0896. The average Bonchev–Trinajstić information content (AvgIpc) is 2.60. The van der Waals surface area contributed by atoms with E-state index in [0.717, 1.165) is 31.5 Å². The van der Waals surface area contributed by atoms with Crippen LogP contribution in [0.1, 0.15) is 27.7 Å². The molecule has 0 amide bonds. The molecule has 0 radical (unpaired) electrons. The van der Waals surface area contributed by atoms with Crippen LogP contribution in [-0.2, 0) is 0 Å². The van der Waals surface area contributed by atoms with Crippen molar-refractivity contribution in [2.45, 2.75) is 39.0 Å². The Bertz CT molecular complexity index is 418. The maximum Gasteiger partial charge on any atom is 0.193 e. The summed E-state index contributed by atoms with van der Waals surface area (Å²) in [5.74, 6) is 3.66. The van der Waals surface area contributed by atoms with Gasteiger partial charge in [-0.3, -0.25) is 9.89 Å². The number of thioether (sulfide) groups is 1. The maximum absolute atomic E-state index is 4.59. The van der Waals surface area contributed by atoms with Gasteiger partial charge in [-0.05, 0) is 18.9 Å². The molecule has 2 atom stereocenters. The lowest BCUT2D eigenvalue weighted by Crippen LogP contribution is -2.56. The van der Waals surface area contributed by atoms with E-state index in [1.54, 1.807) is 0 Å². The Balaban J connectivity index is 1.91. The lowest BCUT2D eigenvalue weighted by atomic mass is 10.0. The summed E-state index contributed by atoms with van der Waals surface area (Å²) in [6.45, 7) is 17.3. The highest BCUT2D eigenvalue weighted by Gasteiger charge is 2.28. The monoisotopic (exact) mass is 369 g/mol. The van der Waals surface area contributed by atoms with Gasteiger partial charge in [0.1, 0.15) is 0 Å². The third-order valence-corrected chi connectivity index (χ3v) is 7.13. The van der Waals surface area contributed by atoms with Gasteiger partial charge in [0.15, 0.2) is 5.96 Å². The molecule has 6 heteroatoms. The van der Waals surface area contributed by atoms with Gasteiger partial charge < -0.3 is 15.1 Å². The Kier molecular flexibility index (Phi) is 8.36. The molecule has 0 spiro atoms. The minimum atomic E-state index is 0.575. The molecule has 0 aromatic carbocycles. The zero-order chi connectivity index (χ0) is 18.4. The fourth-order valence-electron chi connectivity index (χ4n) is 3.74. The second-order valence-corrected chi connectivity index (χ2v) is 9.53. The van der Waals surface area contributed by atoms with Crippen molar-refractivity contribution in [3.8, 4) is 0 Å². The number of guanidine groups is 1. The van der Waals surface area contributed by atoms with Gasteiger partial charge in [-0.1, -0.05) is 27.7 Å². The number of hydrogen-bond acceptors (Lipinski definition) is 4. The van der Waals surface area contributed by atoms with Gasteiger partial charge in [0, 0.05) is 69.9 Å². The van der Waals surface area contributed by atoms with Crippen molar-refractivity contribution in [2.24, 2.45) is 16.8 Å². The molecule has 2 fully saturated rings. The molecule has 1 N–H and O–H groups in total. The molecule has 2 heterocycles. The highest BCUT2D eigenvalue weighted by molar-refractivity contribution is 8.00. The molecule has 146 valence electrons. The van der Waals surface area contributed by atoms with Crippen LogP contribution >= 0.6 is 11.8 Å². The largest absolute Gasteiger partial charge is 0.355 e. The Morgan fingerprint density at radius 3 is 2.36 bits per heavy atom. The summed E-state index contributed by atoms with van der Waals surface area (Å²) in [7, 11) is 4.15. The molecule has 2 rings (SSSR count). The second kappa shape index (κ2) is 10.0. The smallest absolute Gasteiger partial charge is 0.193 e. The minimum absolute atomic E-state index is 0.575. The summed E-state index contributed by atoms with van der Waals surface area (Å²) in [4.78, 5) is 12.1. The van der Waals surface area contributed by atoms with E-state index < -0.39 is 0 Å². The van der Waals surface area contributed by atoms with E-state index >= 15 is 0 Å². The van der Waals surface area contributed by atoms with Crippen molar-refractivity contribution in [3.63, 3.8) is 0 Å². The quantitative estimate of drug-likeness (QED) is 0.591. The molecule has 0 bridgehead atoms. The highest BCUT2D eigenvalue weighted by Crippen LogP contribution is 2.25. The van der Waals surface area contributed by atoms with Crippen molar-refractivity contribution in [1.82, 2.24) is 20.0 Å². The SMILES string of the molecule is CN=C(NCC(C(C)C)N1CCN(C)CC1)N1CCSC(C(C)C)C1. The number of nitrogens with zero attached hydrogens (tertiary/aromatic N) is 4. The van der Waals surface area contributed by atoms with Crippen molar-refractivity contribution in [3.05, 3.63) is 0 Å². The Morgan fingerprint density at radius 2 is 1.80 bits per heavy atom. The first-order chi connectivity index (χ1) is 11.9. The first-order valence-corrected chi connectivity index (χ1v) is 11.0. The number of hydrogen-bond donors (Lipinski definition) is 1. The van der Waals surface area contributed by atoms with Gasteiger partial charge in [-0.25, -0.2) is 0 Å². The molecule has 2 aliphatic rings. The van der Waals surface area contributed by atoms with E-state index in [1.807, 2.05) is 7.05 Å². The number of aliphatic imine (C=N–C) groups is 1. The highest BCUT2D eigenvalue weighted by atomic mass is 32.2. The summed E-state index contributed by atoms with van der Waals surface area (Å²) in [6.07, 6.45) is 0. The number of rotatable bonds is 5. The number of likely N-dealkylation sites (N-methyl/N-ethyl adjacent to an activating group) is 1. The Morgan fingerprint density at radius 1 is 1.12 bits per heavy atom. The van der Waals surface area contributed by atoms with Gasteiger partial charge in [0.25, 0.3) is 0 Å². The first-order valence-electron chi connectivity index (χ1n) is 9.92. The molecule has 0 aliphatic carbocycles. The van der Waals surface area contributed by atoms with Gasteiger partial charge in [-0.15, -0.1) is 0 Å². The summed E-state index contributed by atoms with van der Waals surface area (Å²) in [6, 6.07) is 0.575. The second-order valence-electron chi connectivity index (χ2n) is 8.18. The Hall–Kier alpha value is -0.460. The van der Waals surface area contributed by atoms with Crippen LogP contribution in [0.2, 0.25) is 0 Å². The van der Waals surface area contributed by atoms with Crippen LogP contribution in [0, 0.1) is 11.8 Å². The molecule has 2 unspecified atom stereocenters. The standard InChI is InChI=1S/C19H39N5S/c1-15(2)17(23-9-7-22(6)8-10-23)13-21-19(20-5)24-11-12-25-18(14-24)16(3)4/h15-18H,7-14H2,1-6H3,(H,20,21). The molecular formula is C19H39N5S. The fourth-order valence-corrected chi connectivity index (χ4v) is 5.04. The molecular weight excluding hydrogens is 330 g/mol. The fraction of sp³-hybridized carbons (Fsp3) is 0.947. The van der Waals surface area contributed by atoms with E-state index in [0.29, 0.717) is 17.2 Å². The van der Waals surface area contributed by atoms with Gasteiger partial charge >= 0.3 is 0 Å². The van der Waals surface area contributed by atoms with Crippen molar-refractivity contribution >= 4 is 17.7 Å². The van der Waals surface area contributed by atoms with E-state index in [2.05, 4.69) is 71.5 Å². The zero-order valence-electron chi connectivity index (χ0n) is 17.2. The normalized spacial score (nSPS) is 25.7. The molecule has 2 aliphatic heterocycles. The van der Waals surface area contributed by atoms with E-state index in [-0.39, 0.29) is 0 Å². The molecule has 2 saturated heterocycles. The van der Waals surface area contributed by atoms with E-state index in [9.17, 15) is 0 Å². The van der Waals surface area contributed by atoms with Crippen LogP contribution in [0.5, 0.6) is 0 Å². The van der Waals surface area contributed by atoms with E-state index in [1.165, 1.54) is 31.9 Å². The molecule has 25 heavy (non-hydrogen) atoms. The number of piperazine rings is 1. The minimum Gasteiger partial charge on any atom is -0.355 e. The first kappa shape index (κ1) is 20.8. The third-order valence-electron chi connectivity index (χ3n) is 5.59. The third kappa shape index (κ3) is 6.04. The summed E-state index contributed by atoms with van der Waals surface area (Å²) in [5.41, 5.74) is 0. The van der Waals surface area contributed by atoms with Crippen LogP contribution in [0.4, 0.5) is 0 Å². The van der Waals surface area contributed by atoms with Crippen LogP contribution in [0.25, 0.3) is 0 Å². The summed E-state index contributed by atoms with van der Waals surface area (Å²) in [5, 5.41) is 4.41. The van der Waals surface area contributed by atoms with Gasteiger partial charge in [-0.2, -0.15) is 11.8 Å². The van der Waals surface area contributed by atoms with Crippen molar-refractivity contribution in [1.29, 1.82) is 0 Å². The summed E-state index contributed by atoms with van der Waals surface area (Å²) < 4.78 is 0. The van der Waals surface area contributed by atoms with Crippen molar-refractivity contribution in [2.75, 3.05) is 65.7 Å². The average molecular weight is 370 g/mol. The maximum atomic E-state index is 4.59. The molecule has 0 saturated carbocycles. The van der Waals surface area contributed by atoms with Crippen LogP contribution < -0.4 is 5.32 Å². The van der Waals surface area contributed by atoms with Crippen molar-refractivity contribution < 1.29 is 0 Å². The molecule has 0 aromatic heterocycles. The zero-order valence-corrected chi connectivity index (χ0v) is 18.0. The van der Waals surface area contributed by atoms with Crippen LogP contribution in [0.3, 0.4) is 0 Å². The summed E-state index contributed by atoms with van der Waals surface area (Å²) >= 11 is 2.12. The number of nitrogens with one attached hydrogen (secondary N) is 1.